The van der Waals surface area contributed by atoms with Crippen LogP contribution in [0.15, 0.2) is 54.7 Å². The summed E-state index contributed by atoms with van der Waals surface area (Å²) in [4.78, 5) is 41.3. The van der Waals surface area contributed by atoms with Crippen molar-refractivity contribution in [2.45, 2.75) is 25.8 Å². The van der Waals surface area contributed by atoms with E-state index >= 15 is 0 Å². The topological polar surface area (TPSA) is 80.1 Å². The van der Waals surface area contributed by atoms with Crippen molar-refractivity contribution in [2.75, 3.05) is 26.2 Å². The molecule has 3 aliphatic heterocycles. The molecule has 1 N–H and O–H groups in total. The predicted octanol–water partition coefficient (Wildman–Crippen LogP) is 3.59. The van der Waals surface area contributed by atoms with Crippen LogP contribution in [-0.2, 0) is 4.74 Å². The van der Waals surface area contributed by atoms with Crippen LogP contribution in [-0.4, -0.2) is 59.2 Å². The molecule has 0 aliphatic carbocycles. The lowest BCUT2D eigenvalue weighted by Gasteiger charge is -2.44. The number of aromatic nitrogens is 1. The van der Waals surface area contributed by atoms with Crippen molar-refractivity contribution in [1.82, 2.24) is 14.6 Å². The summed E-state index contributed by atoms with van der Waals surface area (Å²) in [5.74, 6) is -0.372. The summed E-state index contributed by atoms with van der Waals surface area (Å²) >= 11 is 0. The van der Waals surface area contributed by atoms with Gasteiger partial charge in [-0.25, -0.2) is 4.79 Å². The second-order valence-electron chi connectivity index (χ2n) is 8.75. The maximum absolute atomic E-state index is 13.3. The molecule has 0 spiro atoms. The summed E-state index contributed by atoms with van der Waals surface area (Å²) in [7, 11) is 0. The fourth-order valence-corrected chi connectivity index (χ4v) is 5.00. The molecule has 8 heteroatoms. The number of fused-ring (bicyclic) bond motifs is 4. The van der Waals surface area contributed by atoms with Gasteiger partial charge in [0.05, 0.1) is 28.9 Å². The van der Waals surface area contributed by atoms with Crippen LogP contribution >= 0.6 is 12.4 Å². The number of carbonyl (C=O) groups excluding carboxylic acids is 3. The molecule has 6 rings (SSSR count). The third-order valence-electron chi connectivity index (χ3n) is 6.76. The highest BCUT2D eigenvalue weighted by Gasteiger charge is 2.35. The molecule has 2 aromatic heterocycles. The van der Waals surface area contributed by atoms with E-state index in [0.717, 1.165) is 32.5 Å². The van der Waals surface area contributed by atoms with Crippen LogP contribution in [0.2, 0.25) is 0 Å². The molecule has 3 saturated heterocycles. The van der Waals surface area contributed by atoms with Crippen molar-refractivity contribution in [3.05, 3.63) is 77.1 Å². The number of benzene rings is 1. The number of carbonyl (C=O) groups is 3. The van der Waals surface area contributed by atoms with Gasteiger partial charge in [0, 0.05) is 24.3 Å². The molecular weight excluding hydrogens is 454 g/mol. The summed E-state index contributed by atoms with van der Waals surface area (Å²) in [5.41, 5.74) is 2.12. The number of hydrogen-bond acceptors (Lipinski definition) is 5. The van der Waals surface area contributed by atoms with Crippen molar-refractivity contribution in [3.63, 3.8) is 0 Å². The van der Waals surface area contributed by atoms with Crippen molar-refractivity contribution in [3.8, 4) is 0 Å². The van der Waals surface area contributed by atoms with Crippen molar-refractivity contribution in [2.24, 2.45) is 5.92 Å². The van der Waals surface area contributed by atoms with Gasteiger partial charge in [-0.3, -0.25) is 9.59 Å². The molecule has 1 atom stereocenters. The van der Waals surface area contributed by atoms with Crippen LogP contribution in [0.3, 0.4) is 0 Å². The Bertz CT molecular complexity index is 1220. The molecule has 0 saturated carbocycles. The molecule has 1 aromatic carbocycles. The average molecular weight is 482 g/mol. The van der Waals surface area contributed by atoms with Gasteiger partial charge in [0.25, 0.3) is 5.91 Å². The maximum atomic E-state index is 13.3. The lowest BCUT2D eigenvalue weighted by Crippen LogP contribution is -2.57. The second kappa shape index (κ2) is 9.99. The number of hydrogen-bond donors (Lipinski definition) is 1. The van der Waals surface area contributed by atoms with Crippen LogP contribution < -0.4 is 5.32 Å². The highest BCUT2D eigenvalue weighted by atomic mass is 35.5. The summed E-state index contributed by atoms with van der Waals surface area (Å²) in [6.07, 6.45) is 3.87. The number of esters is 1. The number of nitrogens with one attached hydrogen (secondary N) is 1. The largest absolute Gasteiger partial charge is 0.462 e. The zero-order valence-electron chi connectivity index (χ0n) is 19.0. The molecule has 3 aliphatic rings. The van der Waals surface area contributed by atoms with Gasteiger partial charge >= 0.3 is 5.97 Å². The zero-order valence-corrected chi connectivity index (χ0v) is 19.8. The number of nitrogens with zero attached hydrogens (tertiary/aromatic N) is 2. The third kappa shape index (κ3) is 4.45. The van der Waals surface area contributed by atoms with E-state index in [1.807, 2.05) is 6.07 Å². The zero-order chi connectivity index (χ0) is 22.9. The standard InChI is InChI=1S/C26H27N3O4.ClH/c1-2-33-26(32)20-14-23(24(30)18-6-4-3-5-7-18)29-15-19(8-9-22(20)29)25(31)27-21-16-28-12-10-17(21)11-13-28;/h3-9,14-15,17,21H,2,10-13,16H2,1H3,(H,27,31);1H/t21-;/m0./s1. The number of rotatable bonds is 6. The number of halogens is 1. The minimum Gasteiger partial charge on any atom is -0.462 e. The first kappa shape index (κ1) is 24.0. The molecule has 178 valence electrons. The van der Waals surface area contributed by atoms with Crippen LogP contribution in [0.4, 0.5) is 0 Å². The monoisotopic (exact) mass is 481 g/mol. The minimum atomic E-state index is -0.494. The van der Waals surface area contributed by atoms with E-state index in [-0.39, 0.29) is 36.7 Å². The number of amides is 1. The highest BCUT2D eigenvalue weighted by Crippen LogP contribution is 2.28. The number of piperidine rings is 3. The fraction of sp³-hybridized carbons (Fsp3) is 0.346. The first-order chi connectivity index (χ1) is 16.0. The number of ether oxygens (including phenoxy) is 1. The second-order valence-corrected chi connectivity index (χ2v) is 8.75. The van der Waals surface area contributed by atoms with Gasteiger partial charge in [-0.2, -0.15) is 0 Å². The summed E-state index contributed by atoms with van der Waals surface area (Å²) in [6, 6.07) is 14.0. The number of pyridine rings is 1. The van der Waals surface area contributed by atoms with Gasteiger partial charge in [0.15, 0.2) is 0 Å². The maximum Gasteiger partial charge on any atom is 0.340 e. The smallest absolute Gasteiger partial charge is 0.340 e. The van der Waals surface area contributed by atoms with E-state index in [1.54, 1.807) is 60.0 Å². The molecule has 3 fully saturated rings. The number of ketones is 1. The van der Waals surface area contributed by atoms with Gasteiger partial charge in [-0.1, -0.05) is 30.3 Å². The van der Waals surface area contributed by atoms with Crippen LogP contribution in [0.1, 0.15) is 56.5 Å². The van der Waals surface area contributed by atoms with E-state index in [4.69, 9.17) is 4.74 Å². The molecular formula is C26H28ClN3O4. The van der Waals surface area contributed by atoms with E-state index in [1.165, 1.54) is 0 Å². The molecule has 0 unspecified atom stereocenters. The van der Waals surface area contributed by atoms with Crippen molar-refractivity contribution >= 4 is 35.6 Å². The van der Waals surface area contributed by atoms with Crippen molar-refractivity contribution in [1.29, 1.82) is 0 Å². The Morgan fingerprint density at radius 3 is 2.41 bits per heavy atom. The van der Waals surface area contributed by atoms with Crippen LogP contribution in [0.25, 0.3) is 5.52 Å². The Morgan fingerprint density at radius 2 is 1.76 bits per heavy atom. The first-order valence-corrected chi connectivity index (χ1v) is 11.5. The Hall–Kier alpha value is -3.16. The van der Waals surface area contributed by atoms with E-state index in [0.29, 0.717) is 33.8 Å². The molecule has 2 bridgehead atoms. The molecule has 34 heavy (non-hydrogen) atoms. The van der Waals surface area contributed by atoms with Gasteiger partial charge in [-0.15, -0.1) is 12.4 Å². The third-order valence-corrected chi connectivity index (χ3v) is 6.76. The SMILES string of the molecule is CCOC(=O)c1cc(C(=O)c2ccccc2)n2cc(C(=O)N[C@H]3CN4CCC3CC4)ccc12.Cl. The molecule has 3 aromatic rings. The summed E-state index contributed by atoms with van der Waals surface area (Å²) in [5, 5.41) is 3.19. The summed E-state index contributed by atoms with van der Waals surface area (Å²) in [6.45, 7) is 5.07. The quantitative estimate of drug-likeness (QED) is 0.430. The van der Waals surface area contributed by atoms with Gasteiger partial charge < -0.3 is 19.4 Å². The minimum absolute atomic E-state index is 0. The normalized spacial score (nSPS) is 21.0. The van der Waals surface area contributed by atoms with Gasteiger partial charge in [0.1, 0.15) is 0 Å². The highest BCUT2D eigenvalue weighted by molar-refractivity contribution is 6.11. The summed E-state index contributed by atoms with van der Waals surface area (Å²) < 4.78 is 6.83. The molecule has 0 radical (unpaired) electrons. The Balaban J connectivity index is 0.00000274. The van der Waals surface area contributed by atoms with E-state index < -0.39 is 5.97 Å². The fourth-order valence-electron chi connectivity index (χ4n) is 5.00. The molecule has 5 heterocycles. The Labute approximate surface area is 204 Å². The average Bonchev–Trinajstić information content (AvgIpc) is 3.24. The van der Waals surface area contributed by atoms with E-state index in [9.17, 15) is 14.4 Å². The Morgan fingerprint density at radius 1 is 1.03 bits per heavy atom. The van der Waals surface area contributed by atoms with Crippen LogP contribution in [0, 0.1) is 5.92 Å². The molecule has 7 nitrogen and oxygen atoms in total. The van der Waals surface area contributed by atoms with Gasteiger partial charge in [-0.05, 0) is 57.0 Å². The first-order valence-electron chi connectivity index (χ1n) is 11.5. The predicted molar refractivity (Wildman–Crippen MR) is 131 cm³/mol. The van der Waals surface area contributed by atoms with Gasteiger partial charge in [0.2, 0.25) is 5.78 Å². The van der Waals surface area contributed by atoms with Crippen LogP contribution in [0.5, 0.6) is 0 Å². The lowest BCUT2D eigenvalue weighted by molar-refractivity contribution is 0.0528. The van der Waals surface area contributed by atoms with Crippen molar-refractivity contribution < 1.29 is 19.1 Å². The van der Waals surface area contributed by atoms with E-state index in [2.05, 4.69) is 10.2 Å². The molecule has 1 amide bonds. The lowest BCUT2D eigenvalue weighted by atomic mass is 9.84. The Kier molecular flexibility index (Phi) is 7.05.